The Morgan fingerprint density at radius 3 is 2.71 bits per heavy atom. The maximum absolute atomic E-state index is 12.5. The van der Waals surface area contributed by atoms with Crippen LogP contribution >= 0.6 is 11.8 Å². The van der Waals surface area contributed by atoms with Gasteiger partial charge < -0.3 is 15.3 Å². The van der Waals surface area contributed by atoms with Crippen molar-refractivity contribution in [2.45, 2.75) is 57.0 Å². The molecular weight excluding hydrogens is 288 g/mol. The summed E-state index contributed by atoms with van der Waals surface area (Å²) in [5.41, 5.74) is 0. The molecule has 1 saturated carbocycles. The van der Waals surface area contributed by atoms with Gasteiger partial charge in [-0.2, -0.15) is 11.8 Å². The zero-order valence-corrected chi connectivity index (χ0v) is 13.5. The van der Waals surface area contributed by atoms with E-state index in [1.165, 1.54) is 25.7 Å². The topological polar surface area (TPSA) is 69.6 Å². The molecule has 2 N–H and O–H groups in total. The number of amides is 2. The largest absolute Gasteiger partial charge is 0.480 e. The van der Waals surface area contributed by atoms with Crippen LogP contribution in [0.25, 0.3) is 0 Å². The molecule has 0 aromatic carbocycles. The minimum atomic E-state index is -0.936. The Hall–Kier alpha value is -0.910. The number of thioether (sulfide) groups is 1. The molecular formula is C15H26N2O3S. The predicted molar refractivity (Wildman–Crippen MR) is 84.6 cm³/mol. The van der Waals surface area contributed by atoms with Crippen molar-refractivity contribution in [3.05, 3.63) is 0 Å². The first-order valence-electron chi connectivity index (χ1n) is 7.92. The molecule has 5 nitrogen and oxygen atoms in total. The minimum absolute atomic E-state index is 0.180. The third kappa shape index (κ3) is 4.28. The molecule has 0 radical (unpaired) electrons. The van der Waals surface area contributed by atoms with Crippen molar-refractivity contribution in [2.24, 2.45) is 5.92 Å². The molecule has 1 heterocycles. The predicted octanol–water partition coefficient (Wildman–Crippen LogP) is 2.56. The Labute approximate surface area is 130 Å². The van der Waals surface area contributed by atoms with E-state index < -0.39 is 12.0 Å². The number of carbonyl (C=O) groups excluding carboxylic acids is 1. The number of carboxylic acid groups (broad SMARTS) is 1. The summed E-state index contributed by atoms with van der Waals surface area (Å²) < 4.78 is 0. The maximum Gasteiger partial charge on any atom is 0.326 e. The van der Waals surface area contributed by atoms with Crippen LogP contribution < -0.4 is 5.32 Å². The number of urea groups is 1. The van der Waals surface area contributed by atoms with Gasteiger partial charge in [-0.1, -0.05) is 12.8 Å². The highest BCUT2D eigenvalue weighted by Crippen LogP contribution is 2.35. The van der Waals surface area contributed by atoms with E-state index in [2.05, 4.69) is 5.32 Å². The molecule has 2 rings (SSSR count). The van der Waals surface area contributed by atoms with Crippen molar-refractivity contribution >= 4 is 23.8 Å². The lowest BCUT2D eigenvalue weighted by atomic mass is 9.78. The highest BCUT2D eigenvalue weighted by atomic mass is 32.2. The normalized spacial score (nSPS) is 26.8. The van der Waals surface area contributed by atoms with Gasteiger partial charge in [0.05, 0.1) is 0 Å². The van der Waals surface area contributed by atoms with Crippen molar-refractivity contribution in [3.63, 3.8) is 0 Å². The standard InChI is InChI=1S/C15H26N2O3S/c1-21-10-8-12(14(18)19)16-15(20)17-9-4-6-11-5-2-3-7-13(11)17/h11-13H,2-10H2,1H3,(H,16,20)(H,18,19)/t11?,12-,13?/m0/s1. The highest BCUT2D eigenvalue weighted by Gasteiger charge is 2.36. The van der Waals surface area contributed by atoms with Crippen molar-refractivity contribution in [3.8, 4) is 0 Å². The van der Waals surface area contributed by atoms with Crippen LogP contribution in [0.5, 0.6) is 0 Å². The zero-order chi connectivity index (χ0) is 15.2. The molecule has 21 heavy (non-hydrogen) atoms. The van der Waals surface area contributed by atoms with Crippen molar-refractivity contribution in [2.75, 3.05) is 18.6 Å². The van der Waals surface area contributed by atoms with E-state index in [1.54, 1.807) is 11.8 Å². The third-order valence-corrected chi connectivity index (χ3v) is 5.35. The molecule has 0 spiro atoms. The fourth-order valence-corrected chi connectivity index (χ4v) is 4.07. The molecule has 2 amide bonds. The van der Waals surface area contributed by atoms with E-state index in [-0.39, 0.29) is 6.03 Å². The van der Waals surface area contributed by atoms with Crippen LogP contribution in [0, 0.1) is 5.92 Å². The van der Waals surface area contributed by atoms with Gasteiger partial charge in [-0.3, -0.25) is 0 Å². The van der Waals surface area contributed by atoms with Crippen LogP contribution in [0.3, 0.4) is 0 Å². The van der Waals surface area contributed by atoms with Gasteiger partial charge in [-0.15, -0.1) is 0 Å². The van der Waals surface area contributed by atoms with E-state index >= 15 is 0 Å². The average Bonchev–Trinajstić information content (AvgIpc) is 2.50. The van der Waals surface area contributed by atoms with Crippen molar-refractivity contribution < 1.29 is 14.7 Å². The minimum Gasteiger partial charge on any atom is -0.480 e. The molecule has 1 saturated heterocycles. The smallest absolute Gasteiger partial charge is 0.326 e. The van der Waals surface area contributed by atoms with Gasteiger partial charge in [0, 0.05) is 12.6 Å². The number of nitrogens with one attached hydrogen (secondary N) is 1. The van der Waals surface area contributed by atoms with E-state index in [9.17, 15) is 14.7 Å². The molecule has 2 aliphatic rings. The zero-order valence-electron chi connectivity index (χ0n) is 12.7. The molecule has 1 aliphatic heterocycles. The lowest BCUT2D eigenvalue weighted by Crippen LogP contribution is -2.56. The average molecular weight is 314 g/mol. The van der Waals surface area contributed by atoms with Crippen LogP contribution in [-0.4, -0.2) is 52.6 Å². The lowest BCUT2D eigenvalue weighted by Gasteiger charge is -2.44. The quantitative estimate of drug-likeness (QED) is 0.818. The van der Waals surface area contributed by atoms with Gasteiger partial charge in [-0.05, 0) is 50.0 Å². The third-order valence-electron chi connectivity index (χ3n) is 4.71. The first kappa shape index (κ1) is 16.5. The Kier molecular flexibility index (Phi) is 6.21. The summed E-state index contributed by atoms with van der Waals surface area (Å²) in [5.74, 6) is 0.422. The van der Waals surface area contributed by atoms with Crippen LogP contribution in [-0.2, 0) is 4.79 Å². The fraction of sp³-hybridized carbons (Fsp3) is 0.867. The number of hydrogen-bond donors (Lipinski definition) is 2. The molecule has 0 aromatic heterocycles. The van der Waals surface area contributed by atoms with Crippen LogP contribution in [0.4, 0.5) is 4.79 Å². The summed E-state index contributed by atoms with van der Waals surface area (Å²) in [7, 11) is 0. The second-order valence-electron chi connectivity index (χ2n) is 6.07. The molecule has 2 fully saturated rings. The number of nitrogens with zero attached hydrogens (tertiary/aromatic N) is 1. The van der Waals surface area contributed by atoms with Gasteiger partial charge in [-0.25, -0.2) is 9.59 Å². The highest BCUT2D eigenvalue weighted by molar-refractivity contribution is 7.98. The second-order valence-corrected chi connectivity index (χ2v) is 7.05. The molecule has 2 unspecified atom stereocenters. The number of carbonyl (C=O) groups is 2. The molecule has 0 aromatic rings. The van der Waals surface area contributed by atoms with Crippen LogP contribution in [0.15, 0.2) is 0 Å². The van der Waals surface area contributed by atoms with Gasteiger partial charge in [0.15, 0.2) is 0 Å². The van der Waals surface area contributed by atoms with Crippen molar-refractivity contribution in [1.29, 1.82) is 0 Å². The molecule has 120 valence electrons. The summed E-state index contributed by atoms with van der Waals surface area (Å²) in [4.78, 5) is 25.6. The first-order valence-corrected chi connectivity index (χ1v) is 9.31. The summed E-state index contributed by atoms with van der Waals surface area (Å²) in [5, 5.41) is 12.0. The second kappa shape index (κ2) is 7.92. The SMILES string of the molecule is CSCC[C@H](NC(=O)N1CCCC2CCCCC21)C(=O)O. The monoisotopic (exact) mass is 314 g/mol. The van der Waals surface area contributed by atoms with Gasteiger partial charge in [0.25, 0.3) is 0 Å². The van der Waals surface area contributed by atoms with Crippen LogP contribution in [0.1, 0.15) is 44.9 Å². The number of piperidine rings is 1. The summed E-state index contributed by atoms with van der Waals surface area (Å²) >= 11 is 1.60. The Morgan fingerprint density at radius 1 is 1.29 bits per heavy atom. The summed E-state index contributed by atoms with van der Waals surface area (Å²) in [6.07, 6.45) is 9.40. The number of aliphatic carboxylic acids is 1. The Balaban J connectivity index is 1.95. The fourth-order valence-electron chi connectivity index (χ4n) is 3.60. The summed E-state index contributed by atoms with van der Waals surface area (Å²) in [6.45, 7) is 0.766. The molecule has 0 bridgehead atoms. The van der Waals surface area contributed by atoms with E-state index in [0.29, 0.717) is 18.4 Å². The van der Waals surface area contributed by atoms with E-state index in [0.717, 1.165) is 25.1 Å². The van der Waals surface area contributed by atoms with Gasteiger partial charge >= 0.3 is 12.0 Å². The van der Waals surface area contributed by atoms with Crippen molar-refractivity contribution in [1.82, 2.24) is 10.2 Å². The van der Waals surface area contributed by atoms with E-state index in [4.69, 9.17) is 0 Å². The van der Waals surface area contributed by atoms with Gasteiger partial charge in [0.1, 0.15) is 6.04 Å². The molecule has 3 atom stereocenters. The Bertz CT molecular complexity index is 376. The molecule has 6 heteroatoms. The van der Waals surface area contributed by atoms with Gasteiger partial charge in [0.2, 0.25) is 0 Å². The number of hydrogen-bond acceptors (Lipinski definition) is 3. The molecule has 1 aliphatic carbocycles. The number of carboxylic acids is 1. The number of likely N-dealkylation sites (tertiary alicyclic amines) is 1. The Morgan fingerprint density at radius 2 is 2.00 bits per heavy atom. The number of fused-ring (bicyclic) bond motifs is 1. The van der Waals surface area contributed by atoms with Crippen LogP contribution in [0.2, 0.25) is 0 Å². The van der Waals surface area contributed by atoms with E-state index in [1.807, 2.05) is 11.2 Å². The number of rotatable bonds is 5. The summed E-state index contributed by atoms with van der Waals surface area (Å²) in [6, 6.07) is -0.628. The lowest BCUT2D eigenvalue weighted by molar-refractivity contribution is -0.139. The maximum atomic E-state index is 12.5. The first-order chi connectivity index (χ1) is 10.1.